The van der Waals surface area contributed by atoms with Crippen molar-refractivity contribution in [2.24, 2.45) is 5.92 Å². The molecule has 1 fully saturated rings. The Morgan fingerprint density at radius 1 is 1.33 bits per heavy atom. The highest BCUT2D eigenvalue weighted by atomic mass is 16.5. The molecule has 6 nitrogen and oxygen atoms in total. The number of benzene rings is 1. The summed E-state index contributed by atoms with van der Waals surface area (Å²) in [5, 5.41) is 13.0. The fourth-order valence-corrected chi connectivity index (χ4v) is 2.73. The van der Waals surface area contributed by atoms with Crippen LogP contribution in [0.15, 0.2) is 24.3 Å². The van der Waals surface area contributed by atoms with Gasteiger partial charge in [-0.15, -0.1) is 0 Å². The number of hydrogen-bond acceptors (Lipinski definition) is 5. The van der Waals surface area contributed by atoms with Crippen molar-refractivity contribution in [3.05, 3.63) is 29.8 Å². The van der Waals surface area contributed by atoms with Gasteiger partial charge in [0.05, 0.1) is 25.9 Å². The van der Waals surface area contributed by atoms with Gasteiger partial charge in [0.2, 0.25) is 5.91 Å². The number of carbonyl (C=O) groups is 1. The van der Waals surface area contributed by atoms with Crippen LogP contribution >= 0.6 is 0 Å². The van der Waals surface area contributed by atoms with E-state index in [0.717, 1.165) is 11.3 Å². The molecule has 1 aromatic carbocycles. The van der Waals surface area contributed by atoms with Crippen LogP contribution in [0.2, 0.25) is 0 Å². The van der Waals surface area contributed by atoms with Gasteiger partial charge in [-0.25, -0.2) is 0 Å². The summed E-state index contributed by atoms with van der Waals surface area (Å²) in [5.74, 6) is 0.665. The Morgan fingerprint density at radius 3 is 2.75 bits per heavy atom. The Balaban J connectivity index is 1.71. The summed E-state index contributed by atoms with van der Waals surface area (Å²) in [5.41, 5.74) is 1.09. The Morgan fingerprint density at radius 2 is 2.08 bits per heavy atom. The van der Waals surface area contributed by atoms with Crippen LogP contribution in [0, 0.1) is 5.92 Å². The van der Waals surface area contributed by atoms with Crippen LogP contribution in [0.3, 0.4) is 0 Å². The fraction of sp³-hybridized carbons (Fsp3) is 0.611. The van der Waals surface area contributed by atoms with E-state index in [1.165, 1.54) is 0 Å². The fourth-order valence-electron chi connectivity index (χ4n) is 2.73. The van der Waals surface area contributed by atoms with Crippen molar-refractivity contribution in [3.63, 3.8) is 0 Å². The number of aliphatic hydroxyl groups is 1. The lowest BCUT2D eigenvalue weighted by Gasteiger charge is -2.33. The predicted molar refractivity (Wildman–Crippen MR) is 90.1 cm³/mol. The first-order valence-electron chi connectivity index (χ1n) is 8.41. The van der Waals surface area contributed by atoms with Crippen molar-refractivity contribution in [2.75, 3.05) is 33.5 Å². The summed E-state index contributed by atoms with van der Waals surface area (Å²) in [6, 6.07) is 7.77. The standard InChI is InChI=1S/C18H27NO5/c1-3-24-15-7-4-13(5-8-15)6-9-17(20)19-10-14-11-23-12-16(22-2)18(14)21/h4-5,7-8,14,16,18,21H,3,6,9-12H2,1-2H3,(H,19,20)/t14-,16-,18+/m1/s1. The molecule has 1 aromatic rings. The number of ether oxygens (including phenoxy) is 3. The minimum Gasteiger partial charge on any atom is -0.494 e. The second-order valence-corrected chi connectivity index (χ2v) is 5.94. The molecule has 1 heterocycles. The van der Waals surface area contributed by atoms with Gasteiger partial charge in [-0.1, -0.05) is 12.1 Å². The highest BCUT2D eigenvalue weighted by Crippen LogP contribution is 2.17. The summed E-state index contributed by atoms with van der Waals surface area (Å²) >= 11 is 0. The molecule has 1 saturated heterocycles. The Kier molecular flexibility index (Phi) is 7.49. The molecule has 0 saturated carbocycles. The zero-order chi connectivity index (χ0) is 17.4. The molecule has 1 aliphatic heterocycles. The molecule has 1 amide bonds. The van der Waals surface area contributed by atoms with Crippen molar-refractivity contribution in [3.8, 4) is 5.75 Å². The number of aliphatic hydroxyl groups excluding tert-OH is 1. The average molecular weight is 337 g/mol. The van der Waals surface area contributed by atoms with E-state index in [4.69, 9.17) is 14.2 Å². The van der Waals surface area contributed by atoms with E-state index in [2.05, 4.69) is 5.32 Å². The number of aryl methyl sites for hydroxylation is 1. The van der Waals surface area contributed by atoms with Crippen LogP contribution in [-0.2, 0) is 20.7 Å². The lowest BCUT2D eigenvalue weighted by Crippen LogP contribution is -2.49. The highest BCUT2D eigenvalue weighted by molar-refractivity contribution is 5.76. The van der Waals surface area contributed by atoms with Crippen molar-refractivity contribution in [2.45, 2.75) is 32.0 Å². The van der Waals surface area contributed by atoms with E-state index >= 15 is 0 Å². The monoisotopic (exact) mass is 337 g/mol. The first kappa shape index (κ1) is 18.7. The van der Waals surface area contributed by atoms with Gasteiger partial charge >= 0.3 is 0 Å². The van der Waals surface area contributed by atoms with Gasteiger partial charge in [-0.05, 0) is 31.0 Å². The van der Waals surface area contributed by atoms with Gasteiger partial charge in [0.25, 0.3) is 0 Å². The molecular weight excluding hydrogens is 310 g/mol. The zero-order valence-corrected chi connectivity index (χ0v) is 14.4. The number of nitrogens with one attached hydrogen (secondary N) is 1. The van der Waals surface area contributed by atoms with E-state index in [1.54, 1.807) is 7.11 Å². The second kappa shape index (κ2) is 9.61. The molecule has 0 unspecified atom stereocenters. The Bertz CT molecular complexity index is 505. The van der Waals surface area contributed by atoms with Crippen LogP contribution in [0.4, 0.5) is 0 Å². The Labute approximate surface area is 143 Å². The molecule has 24 heavy (non-hydrogen) atoms. The third-order valence-corrected chi connectivity index (χ3v) is 4.22. The van der Waals surface area contributed by atoms with E-state index < -0.39 is 6.10 Å². The van der Waals surface area contributed by atoms with Gasteiger partial charge in [0, 0.05) is 26.0 Å². The minimum absolute atomic E-state index is 0.0318. The molecule has 0 aliphatic carbocycles. The van der Waals surface area contributed by atoms with Crippen LogP contribution in [0.1, 0.15) is 18.9 Å². The van der Waals surface area contributed by atoms with Crippen molar-refractivity contribution in [1.29, 1.82) is 0 Å². The molecule has 2 rings (SSSR count). The van der Waals surface area contributed by atoms with Gasteiger partial charge in [0.1, 0.15) is 11.9 Å². The number of hydrogen-bond donors (Lipinski definition) is 2. The van der Waals surface area contributed by atoms with Crippen LogP contribution < -0.4 is 10.1 Å². The minimum atomic E-state index is -0.616. The van der Waals surface area contributed by atoms with Gasteiger partial charge < -0.3 is 24.6 Å². The number of amides is 1. The zero-order valence-electron chi connectivity index (χ0n) is 14.4. The first-order chi connectivity index (χ1) is 11.6. The third kappa shape index (κ3) is 5.47. The van der Waals surface area contributed by atoms with Gasteiger partial charge in [-0.3, -0.25) is 4.79 Å². The lowest BCUT2D eigenvalue weighted by molar-refractivity contribution is -0.136. The number of methoxy groups -OCH3 is 1. The predicted octanol–water partition coefficient (Wildman–Crippen LogP) is 1.16. The lowest BCUT2D eigenvalue weighted by atomic mass is 9.96. The van der Waals surface area contributed by atoms with Gasteiger partial charge in [0.15, 0.2) is 0 Å². The maximum atomic E-state index is 12.0. The third-order valence-electron chi connectivity index (χ3n) is 4.22. The van der Waals surface area contributed by atoms with E-state index in [1.807, 2.05) is 31.2 Å². The molecule has 134 valence electrons. The molecule has 3 atom stereocenters. The van der Waals surface area contributed by atoms with E-state index in [-0.39, 0.29) is 17.9 Å². The molecule has 2 N–H and O–H groups in total. The summed E-state index contributed by atoms with van der Waals surface area (Å²) in [4.78, 5) is 12.0. The van der Waals surface area contributed by atoms with E-state index in [0.29, 0.717) is 39.2 Å². The van der Waals surface area contributed by atoms with Crippen molar-refractivity contribution in [1.82, 2.24) is 5.32 Å². The molecule has 6 heteroatoms. The largest absolute Gasteiger partial charge is 0.494 e. The molecule has 0 radical (unpaired) electrons. The summed E-state index contributed by atoms with van der Waals surface area (Å²) < 4.78 is 16.0. The quantitative estimate of drug-likeness (QED) is 0.744. The molecular formula is C18H27NO5. The smallest absolute Gasteiger partial charge is 0.220 e. The van der Waals surface area contributed by atoms with Crippen molar-refractivity contribution < 1.29 is 24.1 Å². The normalized spacial score (nSPS) is 23.7. The summed E-state index contributed by atoms with van der Waals surface area (Å²) in [7, 11) is 1.55. The highest BCUT2D eigenvalue weighted by Gasteiger charge is 2.32. The molecule has 0 aromatic heterocycles. The van der Waals surface area contributed by atoms with E-state index in [9.17, 15) is 9.90 Å². The number of carbonyl (C=O) groups excluding carboxylic acids is 1. The first-order valence-corrected chi connectivity index (χ1v) is 8.41. The Hall–Kier alpha value is -1.63. The van der Waals surface area contributed by atoms with Crippen molar-refractivity contribution >= 4 is 5.91 Å². The maximum Gasteiger partial charge on any atom is 0.220 e. The molecule has 1 aliphatic rings. The molecule has 0 bridgehead atoms. The topological polar surface area (TPSA) is 77.0 Å². The van der Waals surface area contributed by atoms with Crippen LogP contribution in [-0.4, -0.2) is 56.7 Å². The van der Waals surface area contributed by atoms with Crippen LogP contribution in [0.5, 0.6) is 5.75 Å². The average Bonchev–Trinajstić information content (AvgIpc) is 2.60. The maximum absolute atomic E-state index is 12.0. The number of rotatable bonds is 8. The summed E-state index contributed by atoms with van der Waals surface area (Å²) in [6.45, 7) is 3.80. The SMILES string of the molecule is CCOc1ccc(CCC(=O)NC[C@@H]2COC[C@@H](OC)[C@H]2O)cc1. The van der Waals surface area contributed by atoms with Gasteiger partial charge in [-0.2, -0.15) is 0 Å². The molecule has 0 spiro atoms. The summed E-state index contributed by atoms with van der Waals surface area (Å²) in [6.07, 6.45) is 0.133. The van der Waals surface area contributed by atoms with Crippen LogP contribution in [0.25, 0.3) is 0 Å². The second-order valence-electron chi connectivity index (χ2n) is 5.94.